The van der Waals surface area contributed by atoms with E-state index in [1.807, 2.05) is 12.1 Å². The van der Waals surface area contributed by atoms with Crippen molar-refractivity contribution in [2.75, 3.05) is 20.3 Å². The first-order valence-corrected chi connectivity index (χ1v) is 6.96. The number of hydrogen-bond donors (Lipinski definition) is 2. The molecule has 1 aromatic rings. The fraction of sp³-hybridized carbons (Fsp3) is 0.600. The number of phenols is 1. The van der Waals surface area contributed by atoms with E-state index in [4.69, 9.17) is 9.84 Å². The average Bonchev–Trinajstić information content (AvgIpc) is 2.43. The molecule has 0 amide bonds. The maximum Gasteiger partial charge on any atom is 0.162 e. The van der Waals surface area contributed by atoms with Gasteiger partial charge in [-0.05, 0) is 31.9 Å². The zero-order valence-corrected chi connectivity index (χ0v) is 11.5. The van der Waals surface area contributed by atoms with E-state index in [9.17, 15) is 5.11 Å². The van der Waals surface area contributed by atoms with Gasteiger partial charge in [0.2, 0.25) is 0 Å². The molecule has 0 aliphatic carbocycles. The first kappa shape index (κ1) is 14.2. The third-order valence-corrected chi connectivity index (χ3v) is 3.89. The lowest BCUT2D eigenvalue weighted by molar-refractivity contribution is 0.111. The van der Waals surface area contributed by atoms with Gasteiger partial charge in [0.15, 0.2) is 11.5 Å². The Morgan fingerprint density at radius 3 is 2.95 bits per heavy atom. The van der Waals surface area contributed by atoms with E-state index < -0.39 is 0 Å². The van der Waals surface area contributed by atoms with E-state index >= 15 is 0 Å². The second kappa shape index (κ2) is 6.78. The fourth-order valence-electron chi connectivity index (χ4n) is 2.82. The van der Waals surface area contributed by atoms with E-state index in [-0.39, 0.29) is 12.4 Å². The Labute approximate surface area is 114 Å². The highest BCUT2D eigenvalue weighted by molar-refractivity contribution is 5.45. The summed E-state index contributed by atoms with van der Waals surface area (Å²) in [6.07, 6.45) is 4.36. The molecule has 1 atom stereocenters. The van der Waals surface area contributed by atoms with Gasteiger partial charge in [-0.1, -0.05) is 18.6 Å². The highest BCUT2D eigenvalue weighted by Gasteiger charge is 2.23. The second-order valence-electron chi connectivity index (χ2n) is 5.10. The highest BCUT2D eigenvalue weighted by Crippen LogP contribution is 2.32. The van der Waals surface area contributed by atoms with E-state index in [0.29, 0.717) is 18.3 Å². The van der Waals surface area contributed by atoms with Crippen molar-refractivity contribution in [2.24, 2.45) is 0 Å². The van der Waals surface area contributed by atoms with Crippen LogP contribution in [0.25, 0.3) is 0 Å². The van der Waals surface area contributed by atoms with Gasteiger partial charge in [0, 0.05) is 24.8 Å². The first-order valence-electron chi connectivity index (χ1n) is 6.96. The zero-order chi connectivity index (χ0) is 13.7. The molecule has 0 spiro atoms. The Bertz CT molecular complexity index is 406. The van der Waals surface area contributed by atoms with Gasteiger partial charge >= 0.3 is 0 Å². The minimum absolute atomic E-state index is 0.227. The number of aromatic hydroxyl groups is 1. The normalized spacial score (nSPS) is 20.4. The van der Waals surface area contributed by atoms with Gasteiger partial charge in [0.1, 0.15) is 0 Å². The third kappa shape index (κ3) is 3.39. The topological polar surface area (TPSA) is 52.9 Å². The minimum atomic E-state index is 0.227. The number of aliphatic hydroxyl groups is 1. The van der Waals surface area contributed by atoms with Crippen LogP contribution in [0, 0.1) is 0 Å². The van der Waals surface area contributed by atoms with Gasteiger partial charge in [0.05, 0.1) is 7.11 Å². The predicted molar refractivity (Wildman–Crippen MR) is 74.4 cm³/mol. The maximum atomic E-state index is 10.1. The molecule has 0 aromatic heterocycles. The molecule has 4 heteroatoms. The summed E-state index contributed by atoms with van der Waals surface area (Å²) in [4.78, 5) is 2.36. The van der Waals surface area contributed by atoms with Crippen LogP contribution in [-0.2, 0) is 6.54 Å². The monoisotopic (exact) mass is 265 g/mol. The van der Waals surface area contributed by atoms with E-state index in [1.54, 1.807) is 13.2 Å². The summed E-state index contributed by atoms with van der Waals surface area (Å²) in [6.45, 7) is 1.97. The largest absolute Gasteiger partial charge is 0.504 e. The number of rotatable bonds is 5. The lowest BCUT2D eigenvalue weighted by Crippen LogP contribution is -2.39. The van der Waals surface area contributed by atoms with Crippen LogP contribution in [0.3, 0.4) is 0 Å². The van der Waals surface area contributed by atoms with Crippen molar-refractivity contribution in [1.82, 2.24) is 4.90 Å². The number of para-hydroxylation sites is 1. The predicted octanol–water partition coefficient (Wildman–Crippen LogP) is 2.14. The molecule has 0 radical (unpaired) electrons. The van der Waals surface area contributed by atoms with Crippen molar-refractivity contribution in [2.45, 2.75) is 38.3 Å². The SMILES string of the molecule is COc1cccc(CN2CCCCC2CCO)c1O. The molecule has 1 aliphatic heterocycles. The summed E-state index contributed by atoms with van der Waals surface area (Å²) >= 11 is 0. The third-order valence-electron chi connectivity index (χ3n) is 3.89. The smallest absolute Gasteiger partial charge is 0.162 e. The van der Waals surface area contributed by atoms with Crippen molar-refractivity contribution in [1.29, 1.82) is 0 Å². The number of likely N-dealkylation sites (tertiary alicyclic amines) is 1. The molecule has 106 valence electrons. The van der Waals surface area contributed by atoms with Crippen LogP contribution in [0.2, 0.25) is 0 Å². The Hall–Kier alpha value is -1.26. The zero-order valence-electron chi connectivity index (χ0n) is 11.5. The van der Waals surface area contributed by atoms with Crippen molar-refractivity contribution in [3.8, 4) is 11.5 Å². The first-order chi connectivity index (χ1) is 9.26. The van der Waals surface area contributed by atoms with Gasteiger partial charge in [-0.15, -0.1) is 0 Å². The minimum Gasteiger partial charge on any atom is -0.504 e. The molecule has 0 bridgehead atoms. The fourth-order valence-corrected chi connectivity index (χ4v) is 2.82. The molecule has 4 nitrogen and oxygen atoms in total. The molecule has 1 aliphatic rings. The highest BCUT2D eigenvalue weighted by atomic mass is 16.5. The average molecular weight is 265 g/mol. The number of methoxy groups -OCH3 is 1. The van der Waals surface area contributed by atoms with Gasteiger partial charge in [-0.25, -0.2) is 0 Å². The summed E-state index contributed by atoms with van der Waals surface area (Å²) in [7, 11) is 1.56. The summed E-state index contributed by atoms with van der Waals surface area (Å²) in [5.41, 5.74) is 0.893. The molecule has 1 unspecified atom stereocenters. The summed E-state index contributed by atoms with van der Waals surface area (Å²) in [5, 5.41) is 19.3. The number of benzene rings is 1. The van der Waals surface area contributed by atoms with Crippen LogP contribution in [0.15, 0.2) is 18.2 Å². The van der Waals surface area contributed by atoms with Gasteiger partial charge < -0.3 is 14.9 Å². The molecule has 1 heterocycles. The van der Waals surface area contributed by atoms with E-state index in [0.717, 1.165) is 24.9 Å². The van der Waals surface area contributed by atoms with Crippen LogP contribution >= 0.6 is 0 Å². The van der Waals surface area contributed by atoms with E-state index in [1.165, 1.54) is 12.8 Å². The second-order valence-corrected chi connectivity index (χ2v) is 5.10. The molecule has 2 N–H and O–H groups in total. The summed E-state index contributed by atoms with van der Waals surface area (Å²) in [5.74, 6) is 0.756. The molecule has 1 fully saturated rings. The van der Waals surface area contributed by atoms with Gasteiger partial charge in [0.25, 0.3) is 0 Å². The molecule has 1 aromatic carbocycles. The van der Waals surface area contributed by atoms with E-state index in [2.05, 4.69) is 4.90 Å². The lowest BCUT2D eigenvalue weighted by atomic mass is 9.98. The molecule has 2 rings (SSSR count). The molecule has 19 heavy (non-hydrogen) atoms. The Kier molecular flexibility index (Phi) is 5.05. The Balaban J connectivity index is 2.10. The Morgan fingerprint density at radius 1 is 1.37 bits per heavy atom. The van der Waals surface area contributed by atoms with Crippen LogP contribution in [0.4, 0.5) is 0 Å². The van der Waals surface area contributed by atoms with Gasteiger partial charge in [-0.3, -0.25) is 4.90 Å². The number of piperidine rings is 1. The molecular weight excluding hydrogens is 242 g/mol. The van der Waals surface area contributed by atoms with Gasteiger partial charge in [-0.2, -0.15) is 0 Å². The molecule has 1 saturated heterocycles. The van der Waals surface area contributed by atoms with Crippen LogP contribution < -0.4 is 4.74 Å². The summed E-state index contributed by atoms with van der Waals surface area (Å²) in [6, 6.07) is 6.02. The molecular formula is C15H23NO3. The quantitative estimate of drug-likeness (QED) is 0.856. The molecule has 0 saturated carbocycles. The van der Waals surface area contributed by atoms with Crippen molar-refractivity contribution in [3.05, 3.63) is 23.8 Å². The lowest BCUT2D eigenvalue weighted by Gasteiger charge is -2.35. The maximum absolute atomic E-state index is 10.1. The number of hydrogen-bond acceptors (Lipinski definition) is 4. The number of ether oxygens (including phenoxy) is 1. The number of nitrogens with zero attached hydrogens (tertiary/aromatic N) is 1. The van der Waals surface area contributed by atoms with Crippen molar-refractivity contribution in [3.63, 3.8) is 0 Å². The number of aliphatic hydroxyl groups excluding tert-OH is 1. The van der Waals surface area contributed by atoms with Crippen LogP contribution in [-0.4, -0.2) is 41.4 Å². The standard InChI is InChI=1S/C15H23NO3/c1-19-14-7-4-5-12(15(14)18)11-16-9-3-2-6-13(16)8-10-17/h4-5,7,13,17-18H,2-3,6,8-11H2,1H3. The number of phenolic OH excluding ortho intramolecular Hbond substituents is 1. The van der Waals surface area contributed by atoms with Crippen LogP contribution in [0.5, 0.6) is 11.5 Å². The Morgan fingerprint density at radius 2 is 2.21 bits per heavy atom. The van der Waals surface area contributed by atoms with Crippen LogP contribution in [0.1, 0.15) is 31.2 Å². The summed E-state index contributed by atoms with van der Waals surface area (Å²) < 4.78 is 5.14. The van der Waals surface area contributed by atoms with Crippen molar-refractivity contribution >= 4 is 0 Å². The van der Waals surface area contributed by atoms with Crippen molar-refractivity contribution < 1.29 is 14.9 Å².